The van der Waals surface area contributed by atoms with Gasteiger partial charge in [-0.3, -0.25) is 5.32 Å². The number of rotatable bonds is 2. The van der Waals surface area contributed by atoms with E-state index in [1.54, 1.807) is 12.1 Å². The summed E-state index contributed by atoms with van der Waals surface area (Å²) in [5.41, 5.74) is 2.11. The van der Waals surface area contributed by atoms with Gasteiger partial charge in [0.05, 0.1) is 0 Å². The van der Waals surface area contributed by atoms with E-state index in [-0.39, 0.29) is 24.2 Å². The minimum absolute atomic E-state index is 0.0243. The quantitative estimate of drug-likeness (QED) is 0.888. The van der Waals surface area contributed by atoms with Gasteiger partial charge in [0, 0.05) is 6.04 Å². The molecule has 1 aliphatic rings. The van der Waals surface area contributed by atoms with Gasteiger partial charge in [-0.25, -0.2) is 4.39 Å². The molecule has 0 radical (unpaired) electrons. The van der Waals surface area contributed by atoms with Gasteiger partial charge in [-0.05, 0) is 30.2 Å². The Hall–Kier alpha value is -1.71. The van der Waals surface area contributed by atoms with Crippen molar-refractivity contribution in [1.82, 2.24) is 5.32 Å². The Bertz CT molecular complexity index is 540. The Labute approximate surface area is 112 Å². The van der Waals surface area contributed by atoms with Crippen molar-refractivity contribution in [3.63, 3.8) is 0 Å². The summed E-state index contributed by atoms with van der Waals surface area (Å²) >= 11 is 0. The topological polar surface area (TPSA) is 21.3 Å². The van der Waals surface area contributed by atoms with Crippen LogP contribution >= 0.6 is 0 Å². The lowest BCUT2D eigenvalue weighted by Crippen LogP contribution is -2.23. The largest absolute Gasteiger partial charge is 0.350 e. The molecule has 1 heterocycles. The van der Waals surface area contributed by atoms with E-state index < -0.39 is 0 Å². The molecule has 19 heavy (non-hydrogen) atoms. The number of hydrogen-bond acceptors (Lipinski definition) is 2. The average Bonchev–Trinajstić information content (AvgIpc) is 2.83. The summed E-state index contributed by atoms with van der Waals surface area (Å²) in [6, 6.07) is 16.8. The number of halogens is 1. The molecule has 0 unspecified atom stereocenters. The number of nitrogens with one attached hydrogen (secondary N) is 1. The van der Waals surface area contributed by atoms with Gasteiger partial charge in [-0.2, -0.15) is 0 Å². The number of hydrogen-bond donors (Lipinski definition) is 1. The maximum atomic E-state index is 12.9. The minimum Gasteiger partial charge on any atom is -0.350 e. The van der Waals surface area contributed by atoms with Crippen molar-refractivity contribution in [2.75, 3.05) is 0 Å². The van der Waals surface area contributed by atoms with E-state index in [9.17, 15) is 4.39 Å². The monoisotopic (exact) mass is 257 g/mol. The summed E-state index contributed by atoms with van der Waals surface area (Å²) in [4.78, 5) is 0. The summed E-state index contributed by atoms with van der Waals surface area (Å²) in [6.45, 7) is 2.10. The SMILES string of the molecule is C[C@@H]1N[C@H](c2ccc(F)cc2)O[C@@H]1c1ccccc1. The zero-order chi connectivity index (χ0) is 13.2. The molecule has 3 atom stereocenters. The second-order valence-corrected chi connectivity index (χ2v) is 4.85. The molecular formula is C16H16FNO. The van der Waals surface area contributed by atoms with Crippen LogP contribution in [0.5, 0.6) is 0 Å². The zero-order valence-corrected chi connectivity index (χ0v) is 10.7. The fourth-order valence-corrected chi connectivity index (χ4v) is 2.45. The van der Waals surface area contributed by atoms with Crippen molar-refractivity contribution in [1.29, 1.82) is 0 Å². The van der Waals surface area contributed by atoms with Gasteiger partial charge >= 0.3 is 0 Å². The van der Waals surface area contributed by atoms with Crippen LogP contribution in [0.4, 0.5) is 4.39 Å². The fourth-order valence-electron chi connectivity index (χ4n) is 2.45. The molecule has 1 saturated heterocycles. The van der Waals surface area contributed by atoms with Gasteiger partial charge in [0.25, 0.3) is 0 Å². The van der Waals surface area contributed by atoms with Crippen molar-refractivity contribution in [2.24, 2.45) is 0 Å². The van der Waals surface area contributed by atoms with Crippen LogP contribution in [-0.2, 0) is 4.74 Å². The molecule has 1 aliphatic heterocycles. The third-order valence-electron chi connectivity index (χ3n) is 3.45. The molecular weight excluding hydrogens is 241 g/mol. The van der Waals surface area contributed by atoms with E-state index >= 15 is 0 Å². The van der Waals surface area contributed by atoms with Crippen molar-refractivity contribution < 1.29 is 9.13 Å². The van der Waals surface area contributed by atoms with Gasteiger partial charge in [-0.1, -0.05) is 42.5 Å². The lowest BCUT2D eigenvalue weighted by atomic mass is 10.0. The smallest absolute Gasteiger partial charge is 0.135 e. The first kappa shape index (κ1) is 12.3. The summed E-state index contributed by atoms with van der Waals surface area (Å²) in [7, 11) is 0. The van der Waals surface area contributed by atoms with Crippen molar-refractivity contribution in [3.05, 3.63) is 71.5 Å². The molecule has 2 nitrogen and oxygen atoms in total. The van der Waals surface area contributed by atoms with E-state index in [4.69, 9.17) is 4.74 Å². The van der Waals surface area contributed by atoms with E-state index in [0.717, 1.165) is 11.1 Å². The number of benzene rings is 2. The molecule has 3 heteroatoms. The summed E-state index contributed by atoms with van der Waals surface area (Å²) < 4.78 is 19.0. The highest BCUT2D eigenvalue weighted by Gasteiger charge is 2.33. The van der Waals surface area contributed by atoms with Crippen LogP contribution in [0.25, 0.3) is 0 Å². The Morgan fingerprint density at radius 3 is 2.32 bits per heavy atom. The van der Waals surface area contributed by atoms with Gasteiger partial charge in [0.1, 0.15) is 18.1 Å². The fraction of sp³-hybridized carbons (Fsp3) is 0.250. The first-order valence-corrected chi connectivity index (χ1v) is 6.46. The molecule has 0 aliphatic carbocycles. The molecule has 0 spiro atoms. The highest BCUT2D eigenvalue weighted by Crippen LogP contribution is 2.34. The van der Waals surface area contributed by atoms with Crippen LogP contribution in [0, 0.1) is 5.82 Å². The maximum Gasteiger partial charge on any atom is 0.135 e. The molecule has 3 rings (SSSR count). The minimum atomic E-state index is -0.227. The van der Waals surface area contributed by atoms with Crippen LogP contribution in [0.3, 0.4) is 0 Å². The Morgan fingerprint density at radius 2 is 1.63 bits per heavy atom. The summed E-state index contributed by atoms with van der Waals surface area (Å²) in [6.07, 6.45) is -0.156. The van der Waals surface area contributed by atoms with Crippen molar-refractivity contribution >= 4 is 0 Å². The van der Waals surface area contributed by atoms with Crippen LogP contribution in [0.15, 0.2) is 54.6 Å². The van der Waals surface area contributed by atoms with E-state index in [1.807, 2.05) is 18.2 Å². The molecule has 1 N–H and O–H groups in total. The molecule has 1 fully saturated rings. The van der Waals surface area contributed by atoms with E-state index in [2.05, 4.69) is 24.4 Å². The Kier molecular flexibility index (Phi) is 3.32. The van der Waals surface area contributed by atoms with Crippen molar-refractivity contribution in [2.45, 2.75) is 25.3 Å². The van der Waals surface area contributed by atoms with Crippen LogP contribution in [-0.4, -0.2) is 6.04 Å². The first-order valence-electron chi connectivity index (χ1n) is 6.46. The molecule has 0 saturated carbocycles. The second kappa shape index (κ2) is 5.11. The molecule has 0 aromatic heterocycles. The zero-order valence-electron chi connectivity index (χ0n) is 10.7. The predicted octanol–water partition coefficient (Wildman–Crippen LogP) is 3.57. The van der Waals surface area contributed by atoms with Crippen LogP contribution < -0.4 is 5.32 Å². The lowest BCUT2D eigenvalue weighted by molar-refractivity contribution is 0.0363. The summed E-state index contributed by atoms with van der Waals surface area (Å²) in [5, 5.41) is 3.39. The molecule has 2 aromatic carbocycles. The average molecular weight is 257 g/mol. The number of ether oxygens (including phenoxy) is 1. The summed E-state index contributed by atoms with van der Waals surface area (Å²) in [5.74, 6) is -0.227. The maximum absolute atomic E-state index is 12.9. The molecule has 2 aromatic rings. The van der Waals surface area contributed by atoms with Gasteiger partial charge in [0.2, 0.25) is 0 Å². The van der Waals surface area contributed by atoms with Crippen LogP contribution in [0.1, 0.15) is 30.4 Å². The Morgan fingerprint density at radius 1 is 0.947 bits per heavy atom. The third kappa shape index (κ3) is 2.53. The van der Waals surface area contributed by atoms with Crippen molar-refractivity contribution in [3.8, 4) is 0 Å². The Balaban J connectivity index is 1.80. The highest BCUT2D eigenvalue weighted by atomic mass is 19.1. The standard InChI is InChI=1S/C16H16FNO/c1-11-15(12-5-3-2-4-6-12)19-16(18-11)13-7-9-14(17)10-8-13/h2-11,15-16,18H,1H3/t11-,15-,16-/m0/s1. The van der Waals surface area contributed by atoms with Gasteiger partial charge < -0.3 is 4.74 Å². The molecule has 0 bridgehead atoms. The predicted molar refractivity (Wildman–Crippen MR) is 72.0 cm³/mol. The molecule has 0 amide bonds. The molecule has 98 valence electrons. The van der Waals surface area contributed by atoms with Crippen LogP contribution in [0.2, 0.25) is 0 Å². The normalized spacial score (nSPS) is 26.5. The van der Waals surface area contributed by atoms with Gasteiger partial charge in [0.15, 0.2) is 0 Å². The van der Waals surface area contributed by atoms with E-state index in [1.165, 1.54) is 12.1 Å². The lowest BCUT2D eigenvalue weighted by Gasteiger charge is -2.14. The van der Waals surface area contributed by atoms with Gasteiger partial charge in [-0.15, -0.1) is 0 Å². The second-order valence-electron chi connectivity index (χ2n) is 4.85. The van der Waals surface area contributed by atoms with E-state index in [0.29, 0.717) is 0 Å². The first-order chi connectivity index (χ1) is 9.24. The highest BCUT2D eigenvalue weighted by molar-refractivity contribution is 5.23. The third-order valence-corrected chi connectivity index (χ3v) is 3.45.